The lowest BCUT2D eigenvalue weighted by molar-refractivity contribution is -0.277. The van der Waals surface area contributed by atoms with Crippen LogP contribution in [0.5, 0.6) is 23.0 Å². The Kier molecular flexibility index (Phi) is 10.1. The first kappa shape index (κ1) is 28.6. The van der Waals surface area contributed by atoms with Crippen LogP contribution in [0.2, 0.25) is 0 Å². The molecule has 0 spiro atoms. The van der Waals surface area contributed by atoms with Crippen LogP contribution in [0.3, 0.4) is 0 Å². The van der Waals surface area contributed by atoms with Crippen molar-refractivity contribution in [3.63, 3.8) is 0 Å². The van der Waals surface area contributed by atoms with Crippen molar-refractivity contribution < 1.29 is 59.8 Å². The van der Waals surface area contributed by atoms with E-state index in [9.17, 15) is 35.7 Å². The first-order valence-corrected chi connectivity index (χ1v) is 11.4. The SMILES string of the molecule is COc1cc([C@H](O)[C@@H](CO)Oc2ccc(C=CCO)cc2O[C@@H]2O[C@H](CO)[C@@H](O)[C@H](O)[C@H]2O)ccc1O. The first-order valence-electron chi connectivity index (χ1n) is 11.4. The van der Waals surface area contributed by atoms with Gasteiger partial charge in [0.15, 0.2) is 29.1 Å². The lowest BCUT2D eigenvalue weighted by atomic mass is 9.99. The van der Waals surface area contributed by atoms with E-state index in [1.165, 1.54) is 43.5 Å². The number of rotatable bonds is 11. The number of aliphatic hydroxyl groups excluding tert-OH is 7. The van der Waals surface area contributed by atoms with Gasteiger partial charge in [-0.05, 0) is 35.4 Å². The summed E-state index contributed by atoms with van der Waals surface area (Å²) in [6.07, 6.45) is -7.21. The minimum absolute atomic E-state index is 0.0157. The number of benzene rings is 2. The van der Waals surface area contributed by atoms with Crippen molar-refractivity contribution >= 4 is 6.08 Å². The predicted octanol–water partition coefficient (Wildman–Crippen LogP) is -0.942. The molecule has 2 aromatic rings. The Morgan fingerprint density at radius 1 is 0.946 bits per heavy atom. The Bertz CT molecular complexity index is 1040. The molecule has 1 aliphatic rings. The van der Waals surface area contributed by atoms with Crippen LogP contribution in [0.15, 0.2) is 42.5 Å². The van der Waals surface area contributed by atoms with Gasteiger partial charge in [-0.2, -0.15) is 0 Å². The molecular formula is C25H32O12. The lowest BCUT2D eigenvalue weighted by Gasteiger charge is -2.39. The number of phenols is 1. The number of ether oxygens (including phenoxy) is 4. The van der Waals surface area contributed by atoms with Crippen LogP contribution >= 0.6 is 0 Å². The number of phenolic OH excluding ortho intramolecular Hbond substituents is 1. The van der Waals surface area contributed by atoms with Crippen molar-refractivity contribution in [1.82, 2.24) is 0 Å². The standard InChI is InChI=1S/C25H32O12/c1-34-17-10-14(5-6-15(17)29)21(30)19(11-27)35-16-7-4-13(3-2-8-26)9-18(16)36-25-24(33)23(32)22(31)20(12-28)37-25/h2-7,9-10,19-33H,8,11-12H2,1H3/t19-,20-,21+,22-,23+,24-,25-/m1/s1. The summed E-state index contributed by atoms with van der Waals surface area (Å²) in [6, 6.07) is 8.67. The average Bonchev–Trinajstić information content (AvgIpc) is 2.91. The molecule has 0 radical (unpaired) electrons. The summed E-state index contributed by atoms with van der Waals surface area (Å²) in [5.74, 6) is -0.0399. The molecule has 1 fully saturated rings. The van der Waals surface area contributed by atoms with Gasteiger partial charge in [-0.25, -0.2) is 0 Å². The molecule has 7 atom stereocenters. The minimum Gasteiger partial charge on any atom is -0.504 e. The van der Waals surface area contributed by atoms with E-state index in [1.807, 2.05) is 0 Å². The number of hydrogen-bond donors (Lipinski definition) is 8. The molecule has 0 saturated carbocycles. The quantitative estimate of drug-likeness (QED) is 0.180. The summed E-state index contributed by atoms with van der Waals surface area (Å²) in [5.41, 5.74) is 0.831. The predicted molar refractivity (Wildman–Crippen MR) is 128 cm³/mol. The molecule has 204 valence electrons. The third kappa shape index (κ3) is 6.69. The maximum absolute atomic E-state index is 10.9. The van der Waals surface area contributed by atoms with E-state index in [2.05, 4.69) is 0 Å². The monoisotopic (exact) mass is 524 g/mol. The second kappa shape index (κ2) is 13.0. The molecule has 0 aliphatic carbocycles. The van der Waals surface area contributed by atoms with Crippen LogP contribution < -0.4 is 14.2 Å². The fraction of sp³-hybridized carbons (Fsp3) is 0.440. The second-order valence-corrected chi connectivity index (χ2v) is 8.32. The Balaban J connectivity index is 1.91. The third-order valence-electron chi connectivity index (χ3n) is 5.83. The van der Waals surface area contributed by atoms with Gasteiger partial charge in [0.1, 0.15) is 30.5 Å². The van der Waals surface area contributed by atoms with Crippen molar-refractivity contribution in [2.75, 3.05) is 26.9 Å². The Labute approximate surface area is 212 Å². The van der Waals surface area contributed by atoms with E-state index < -0.39 is 56.1 Å². The van der Waals surface area contributed by atoms with Gasteiger partial charge in [0, 0.05) is 0 Å². The summed E-state index contributed by atoms with van der Waals surface area (Å²) >= 11 is 0. The molecule has 8 N–H and O–H groups in total. The molecule has 1 heterocycles. The fourth-order valence-corrected chi connectivity index (χ4v) is 3.75. The van der Waals surface area contributed by atoms with Gasteiger partial charge in [-0.15, -0.1) is 0 Å². The highest BCUT2D eigenvalue weighted by molar-refractivity contribution is 5.56. The van der Waals surface area contributed by atoms with Gasteiger partial charge < -0.3 is 59.8 Å². The number of methoxy groups -OCH3 is 1. The number of hydrogen-bond acceptors (Lipinski definition) is 12. The van der Waals surface area contributed by atoms with Crippen LogP contribution in [0.1, 0.15) is 17.2 Å². The van der Waals surface area contributed by atoms with Crippen LogP contribution in [-0.4, -0.2) is 105 Å². The largest absolute Gasteiger partial charge is 0.504 e. The summed E-state index contributed by atoms with van der Waals surface area (Å²) < 4.78 is 22.1. The van der Waals surface area contributed by atoms with Gasteiger partial charge in [-0.3, -0.25) is 0 Å². The molecule has 12 nitrogen and oxygen atoms in total. The van der Waals surface area contributed by atoms with E-state index in [1.54, 1.807) is 12.1 Å². The lowest BCUT2D eigenvalue weighted by Crippen LogP contribution is -2.60. The van der Waals surface area contributed by atoms with Gasteiger partial charge in [0.25, 0.3) is 0 Å². The Morgan fingerprint density at radius 2 is 1.70 bits per heavy atom. The third-order valence-corrected chi connectivity index (χ3v) is 5.83. The van der Waals surface area contributed by atoms with Crippen molar-refractivity contribution in [3.8, 4) is 23.0 Å². The maximum atomic E-state index is 10.9. The average molecular weight is 525 g/mol. The van der Waals surface area contributed by atoms with E-state index in [-0.39, 0.29) is 35.2 Å². The van der Waals surface area contributed by atoms with Crippen LogP contribution in [0.25, 0.3) is 6.08 Å². The fourth-order valence-electron chi connectivity index (χ4n) is 3.75. The molecule has 0 aromatic heterocycles. The highest BCUT2D eigenvalue weighted by Crippen LogP contribution is 2.36. The topological polar surface area (TPSA) is 199 Å². The Morgan fingerprint density at radius 3 is 2.35 bits per heavy atom. The second-order valence-electron chi connectivity index (χ2n) is 8.32. The molecule has 12 heteroatoms. The molecule has 0 unspecified atom stereocenters. The van der Waals surface area contributed by atoms with Gasteiger partial charge in [0.2, 0.25) is 6.29 Å². The molecule has 37 heavy (non-hydrogen) atoms. The van der Waals surface area contributed by atoms with E-state index >= 15 is 0 Å². The van der Waals surface area contributed by atoms with Crippen molar-refractivity contribution in [2.45, 2.75) is 42.9 Å². The molecule has 1 saturated heterocycles. The summed E-state index contributed by atoms with van der Waals surface area (Å²) in [5, 5.41) is 79.7. The zero-order valence-corrected chi connectivity index (χ0v) is 20.0. The van der Waals surface area contributed by atoms with Crippen molar-refractivity contribution in [2.24, 2.45) is 0 Å². The molecule has 2 aromatic carbocycles. The van der Waals surface area contributed by atoms with Gasteiger partial charge in [0.05, 0.1) is 26.9 Å². The highest BCUT2D eigenvalue weighted by atomic mass is 16.7. The van der Waals surface area contributed by atoms with Crippen molar-refractivity contribution in [3.05, 3.63) is 53.6 Å². The van der Waals surface area contributed by atoms with E-state index in [0.29, 0.717) is 5.56 Å². The van der Waals surface area contributed by atoms with E-state index in [0.717, 1.165) is 0 Å². The molecule has 0 amide bonds. The first-order chi connectivity index (χ1) is 17.7. The smallest absolute Gasteiger partial charge is 0.229 e. The Hall–Kier alpha value is -2.94. The van der Waals surface area contributed by atoms with Crippen LogP contribution in [0.4, 0.5) is 0 Å². The van der Waals surface area contributed by atoms with E-state index in [4.69, 9.17) is 24.1 Å². The van der Waals surface area contributed by atoms with Crippen LogP contribution in [0, 0.1) is 0 Å². The minimum atomic E-state index is -1.69. The normalized spacial score (nSPS) is 25.6. The molecule has 1 aliphatic heterocycles. The highest BCUT2D eigenvalue weighted by Gasteiger charge is 2.45. The zero-order valence-electron chi connectivity index (χ0n) is 20.0. The summed E-state index contributed by atoms with van der Waals surface area (Å²) in [4.78, 5) is 0. The molecule has 0 bridgehead atoms. The summed E-state index contributed by atoms with van der Waals surface area (Å²) in [7, 11) is 1.35. The number of aromatic hydroxyl groups is 1. The van der Waals surface area contributed by atoms with Crippen LogP contribution in [-0.2, 0) is 4.74 Å². The maximum Gasteiger partial charge on any atom is 0.229 e. The number of aliphatic hydroxyl groups is 7. The molecule has 3 rings (SSSR count). The van der Waals surface area contributed by atoms with Crippen molar-refractivity contribution in [1.29, 1.82) is 0 Å². The molecular weight excluding hydrogens is 492 g/mol. The zero-order chi connectivity index (χ0) is 27.1. The summed E-state index contributed by atoms with van der Waals surface area (Å²) in [6.45, 7) is -1.51. The van der Waals surface area contributed by atoms with Gasteiger partial charge in [-0.1, -0.05) is 24.3 Å². The van der Waals surface area contributed by atoms with Gasteiger partial charge >= 0.3 is 0 Å².